The van der Waals surface area contributed by atoms with Gasteiger partial charge in [0.1, 0.15) is 10.7 Å². The van der Waals surface area contributed by atoms with Gasteiger partial charge in [-0.3, -0.25) is 4.79 Å². The highest BCUT2D eigenvalue weighted by Crippen LogP contribution is 2.12. The standard InChI is InChI=1S/C13H14N2O2S2/c14-12(18)10-2-4-11(5-3-10)17-8-1-6-15-7-9-19-13(15)16/h2-5,7,9H,1,6,8H2,(H2,14,18). The Morgan fingerprint density at radius 2 is 2.11 bits per heavy atom. The number of aromatic nitrogens is 1. The summed E-state index contributed by atoms with van der Waals surface area (Å²) >= 11 is 6.08. The molecule has 0 spiro atoms. The molecule has 1 aromatic carbocycles. The molecule has 0 amide bonds. The van der Waals surface area contributed by atoms with Crippen LogP contribution in [0.4, 0.5) is 0 Å². The minimum absolute atomic E-state index is 0.0702. The van der Waals surface area contributed by atoms with Crippen molar-refractivity contribution in [3.8, 4) is 5.75 Å². The van der Waals surface area contributed by atoms with Crippen LogP contribution in [0, 0.1) is 0 Å². The van der Waals surface area contributed by atoms with Gasteiger partial charge in [0.25, 0.3) is 0 Å². The van der Waals surface area contributed by atoms with E-state index in [2.05, 4.69) is 0 Å². The van der Waals surface area contributed by atoms with Gasteiger partial charge in [0, 0.05) is 23.7 Å². The van der Waals surface area contributed by atoms with E-state index in [0.717, 1.165) is 17.7 Å². The summed E-state index contributed by atoms with van der Waals surface area (Å²) in [5.74, 6) is 0.776. The number of aryl methyl sites for hydroxylation is 1. The number of nitrogens with zero attached hydrogens (tertiary/aromatic N) is 1. The minimum atomic E-state index is 0.0702. The lowest BCUT2D eigenvalue weighted by molar-refractivity contribution is 0.301. The first-order chi connectivity index (χ1) is 9.16. The van der Waals surface area contributed by atoms with Crippen LogP contribution in [0.1, 0.15) is 12.0 Å². The molecule has 0 radical (unpaired) electrons. The fraction of sp³-hybridized carbons (Fsp3) is 0.231. The van der Waals surface area contributed by atoms with Gasteiger partial charge in [-0.2, -0.15) is 0 Å². The Labute approximate surface area is 120 Å². The fourth-order valence-corrected chi connectivity index (χ4v) is 2.34. The summed E-state index contributed by atoms with van der Waals surface area (Å²) in [5, 5.41) is 1.79. The van der Waals surface area contributed by atoms with Crippen LogP contribution in [-0.4, -0.2) is 16.2 Å². The molecule has 0 aliphatic heterocycles. The van der Waals surface area contributed by atoms with Crippen LogP contribution in [0.2, 0.25) is 0 Å². The molecule has 100 valence electrons. The Hall–Kier alpha value is -1.66. The topological polar surface area (TPSA) is 57.2 Å². The molecule has 0 atom stereocenters. The maximum Gasteiger partial charge on any atom is 0.307 e. The van der Waals surface area contributed by atoms with E-state index in [0.29, 0.717) is 18.1 Å². The molecule has 6 heteroatoms. The first-order valence-electron chi connectivity index (χ1n) is 5.83. The number of hydrogen-bond donors (Lipinski definition) is 1. The molecule has 4 nitrogen and oxygen atoms in total. The third-order valence-corrected chi connectivity index (χ3v) is 3.52. The molecular formula is C13H14N2O2S2. The lowest BCUT2D eigenvalue weighted by atomic mass is 10.2. The smallest absolute Gasteiger partial charge is 0.307 e. The monoisotopic (exact) mass is 294 g/mol. The SMILES string of the molecule is NC(=S)c1ccc(OCCCn2ccsc2=O)cc1. The molecule has 0 aliphatic rings. The zero-order valence-corrected chi connectivity index (χ0v) is 11.9. The maximum absolute atomic E-state index is 11.3. The van der Waals surface area contributed by atoms with E-state index < -0.39 is 0 Å². The quantitative estimate of drug-likeness (QED) is 0.654. The summed E-state index contributed by atoms with van der Waals surface area (Å²) in [7, 11) is 0. The molecule has 0 saturated carbocycles. The third kappa shape index (κ3) is 3.90. The molecule has 0 aliphatic carbocycles. The molecule has 1 aromatic heterocycles. The summed E-state index contributed by atoms with van der Waals surface area (Å²) in [6.07, 6.45) is 2.58. The summed E-state index contributed by atoms with van der Waals surface area (Å²) in [5.41, 5.74) is 6.34. The molecule has 2 aromatic rings. The van der Waals surface area contributed by atoms with Gasteiger partial charge >= 0.3 is 4.87 Å². The summed E-state index contributed by atoms with van der Waals surface area (Å²) in [6.45, 7) is 1.24. The predicted octanol–water partition coefficient (Wildman–Crippen LogP) is 2.01. The number of thiocarbonyl (C=S) groups is 1. The molecule has 0 fully saturated rings. The van der Waals surface area contributed by atoms with Crippen LogP contribution in [0.25, 0.3) is 0 Å². The second kappa shape index (κ2) is 6.49. The highest BCUT2D eigenvalue weighted by Gasteiger charge is 1.99. The average Bonchev–Trinajstić information content (AvgIpc) is 2.81. The van der Waals surface area contributed by atoms with Crippen molar-refractivity contribution >= 4 is 28.5 Å². The van der Waals surface area contributed by atoms with E-state index in [1.54, 1.807) is 16.1 Å². The van der Waals surface area contributed by atoms with Crippen LogP contribution in [0.15, 0.2) is 40.6 Å². The molecule has 0 unspecified atom stereocenters. The van der Waals surface area contributed by atoms with Crippen LogP contribution < -0.4 is 15.3 Å². The van der Waals surface area contributed by atoms with E-state index >= 15 is 0 Å². The van der Waals surface area contributed by atoms with Crippen molar-refractivity contribution in [2.24, 2.45) is 5.73 Å². The summed E-state index contributed by atoms with van der Waals surface area (Å²) in [6, 6.07) is 7.35. The van der Waals surface area contributed by atoms with Crippen LogP contribution in [0.5, 0.6) is 5.75 Å². The molecule has 1 heterocycles. The number of rotatable bonds is 6. The number of hydrogen-bond acceptors (Lipinski definition) is 4. The lowest BCUT2D eigenvalue weighted by Crippen LogP contribution is -2.13. The molecule has 2 rings (SSSR count). The summed E-state index contributed by atoms with van der Waals surface area (Å²) in [4.78, 5) is 11.7. The maximum atomic E-state index is 11.3. The van der Waals surface area contributed by atoms with E-state index in [1.807, 2.05) is 24.3 Å². The second-order valence-corrected chi connectivity index (χ2v) is 5.25. The van der Waals surface area contributed by atoms with Gasteiger partial charge < -0.3 is 15.0 Å². The van der Waals surface area contributed by atoms with Crippen LogP contribution >= 0.6 is 23.6 Å². The fourth-order valence-electron chi connectivity index (χ4n) is 1.60. The molecular weight excluding hydrogens is 280 g/mol. The molecule has 0 bridgehead atoms. The lowest BCUT2D eigenvalue weighted by Gasteiger charge is -2.07. The highest BCUT2D eigenvalue weighted by molar-refractivity contribution is 7.80. The number of ether oxygens (including phenoxy) is 1. The van der Waals surface area contributed by atoms with Gasteiger partial charge in [-0.15, -0.1) is 0 Å². The minimum Gasteiger partial charge on any atom is -0.494 e. The van der Waals surface area contributed by atoms with Gasteiger partial charge in [-0.1, -0.05) is 23.6 Å². The van der Waals surface area contributed by atoms with Gasteiger partial charge in [-0.25, -0.2) is 0 Å². The van der Waals surface area contributed by atoms with Crippen molar-refractivity contribution < 1.29 is 4.74 Å². The Balaban J connectivity index is 1.78. The van der Waals surface area contributed by atoms with Gasteiger partial charge in [0.15, 0.2) is 0 Å². The molecule has 19 heavy (non-hydrogen) atoms. The second-order valence-electron chi connectivity index (χ2n) is 3.95. The molecule has 2 N–H and O–H groups in total. The Morgan fingerprint density at radius 1 is 1.37 bits per heavy atom. The Kier molecular flexibility index (Phi) is 4.70. The average molecular weight is 294 g/mol. The Morgan fingerprint density at radius 3 is 2.68 bits per heavy atom. The van der Waals surface area contributed by atoms with Crippen molar-refractivity contribution in [1.82, 2.24) is 4.57 Å². The number of nitrogens with two attached hydrogens (primary N) is 1. The van der Waals surface area contributed by atoms with Crippen molar-refractivity contribution in [3.05, 3.63) is 51.1 Å². The normalized spacial score (nSPS) is 10.3. The van der Waals surface area contributed by atoms with Crippen molar-refractivity contribution in [2.45, 2.75) is 13.0 Å². The number of thiazole rings is 1. The van der Waals surface area contributed by atoms with Crippen molar-refractivity contribution in [2.75, 3.05) is 6.61 Å². The van der Waals surface area contributed by atoms with Crippen molar-refractivity contribution in [3.63, 3.8) is 0 Å². The van der Waals surface area contributed by atoms with Crippen LogP contribution in [0.3, 0.4) is 0 Å². The zero-order valence-electron chi connectivity index (χ0n) is 10.2. The first-order valence-corrected chi connectivity index (χ1v) is 7.12. The van der Waals surface area contributed by atoms with Gasteiger partial charge in [0.2, 0.25) is 0 Å². The number of benzene rings is 1. The summed E-state index contributed by atoms with van der Waals surface area (Å²) < 4.78 is 7.27. The van der Waals surface area contributed by atoms with Gasteiger partial charge in [0.05, 0.1) is 6.61 Å². The predicted molar refractivity (Wildman–Crippen MR) is 81.0 cm³/mol. The van der Waals surface area contributed by atoms with Crippen LogP contribution in [-0.2, 0) is 6.54 Å². The Bertz CT molecular complexity index is 602. The first kappa shape index (κ1) is 13.8. The van der Waals surface area contributed by atoms with E-state index in [-0.39, 0.29) is 4.87 Å². The van der Waals surface area contributed by atoms with Crippen molar-refractivity contribution in [1.29, 1.82) is 0 Å². The zero-order chi connectivity index (χ0) is 13.7. The molecule has 0 saturated heterocycles. The highest BCUT2D eigenvalue weighted by atomic mass is 32.1. The van der Waals surface area contributed by atoms with E-state index in [9.17, 15) is 4.79 Å². The third-order valence-electron chi connectivity index (χ3n) is 2.60. The largest absolute Gasteiger partial charge is 0.494 e. The van der Waals surface area contributed by atoms with E-state index in [1.165, 1.54) is 11.3 Å². The van der Waals surface area contributed by atoms with E-state index in [4.69, 9.17) is 22.7 Å². The van der Waals surface area contributed by atoms with Gasteiger partial charge in [-0.05, 0) is 30.7 Å².